The Morgan fingerprint density at radius 1 is 1.21 bits per heavy atom. The van der Waals surface area contributed by atoms with Crippen LogP contribution in [0.1, 0.15) is 11.3 Å². The second-order valence-corrected chi connectivity index (χ2v) is 5.12. The molecule has 0 saturated heterocycles. The van der Waals surface area contributed by atoms with Gasteiger partial charge >= 0.3 is 0 Å². The van der Waals surface area contributed by atoms with Crippen LogP contribution in [0.2, 0.25) is 0 Å². The van der Waals surface area contributed by atoms with Crippen molar-refractivity contribution in [3.8, 4) is 11.4 Å². The van der Waals surface area contributed by atoms with Gasteiger partial charge in [0, 0.05) is 37.3 Å². The number of alkyl halides is 1. The van der Waals surface area contributed by atoms with Crippen molar-refractivity contribution in [3.05, 3.63) is 47.8 Å². The molecule has 19 heavy (non-hydrogen) atoms. The number of nitrogens with zero attached hydrogens (tertiary/aromatic N) is 3. The van der Waals surface area contributed by atoms with Crippen LogP contribution in [0.3, 0.4) is 0 Å². The Kier molecular flexibility index (Phi) is 3.76. The zero-order valence-corrected chi connectivity index (χ0v) is 11.5. The summed E-state index contributed by atoms with van der Waals surface area (Å²) in [5.41, 5.74) is 3.48. The van der Waals surface area contributed by atoms with E-state index in [4.69, 9.17) is 16.6 Å². The highest BCUT2D eigenvalue weighted by molar-refractivity contribution is 6.18. The van der Waals surface area contributed by atoms with E-state index in [0.717, 1.165) is 43.1 Å². The molecule has 0 unspecified atom stereocenters. The molecule has 0 spiro atoms. The number of hydrogen-bond donors (Lipinski definition) is 0. The van der Waals surface area contributed by atoms with E-state index in [1.54, 1.807) is 0 Å². The van der Waals surface area contributed by atoms with Crippen molar-refractivity contribution in [3.63, 3.8) is 0 Å². The van der Waals surface area contributed by atoms with Crippen molar-refractivity contribution in [2.24, 2.45) is 0 Å². The van der Waals surface area contributed by atoms with E-state index in [1.165, 1.54) is 5.56 Å². The van der Waals surface area contributed by atoms with Gasteiger partial charge in [0.1, 0.15) is 0 Å². The topological polar surface area (TPSA) is 29.0 Å². The van der Waals surface area contributed by atoms with Gasteiger partial charge < -0.3 is 0 Å². The number of benzene rings is 1. The highest BCUT2D eigenvalue weighted by atomic mass is 35.5. The molecule has 0 aliphatic carbocycles. The van der Waals surface area contributed by atoms with E-state index in [-0.39, 0.29) is 0 Å². The maximum absolute atomic E-state index is 5.81. The van der Waals surface area contributed by atoms with Gasteiger partial charge in [0.05, 0.1) is 5.69 Å². The van der Waals surface area contributed by atoms with Crippen LogP contribution in [0.25, 0.3) is 11.4 Å². The molecule has 3 rings (SSSR count). The lowest BCUT2D eigenvalue weighted by Gasteiger charge is -2.27. The molecule has 1 aromatic heterocycles. The van der Waals surface area contributed by atoms with Crippen LogP contribution in [0.4, 0.5) is 0 Å². The molecule has 98 valence electrons. The molecule has 0 atom stereocenters. The molecular weight excluding hydrogens is 258 g/mol. The Labute approximate surface area is 118 Å². The van der Waals surface area contributed by atoms with Crippen LogP contribution in [0.15, 0.2) is 36.5 Å². The molecule has 0 fully saturated rings. The lowest BCUT2D eigenvalue weighted by molar-refractivity contribution is 0.265. The predicted molar refractivity (Wildman–Crippen MR) is 77.2 cm³/mol. The molecule has 0 N–H and O–H groups in total. The normalized spacial score (nSPS) is 15.2. The SMILES string of the molecule is ClCCN1CCc2cnc(-c3ccccc3)nc2C1. The third-order valence-corrected chi connectivity index (χ3v) is 3.63. The maximum Gasteiger partial charge on any atom is 0.159 e. The molecule has 0 saturated carbocycles. The molecule has 2 aromatic rings. The Hall–Kier alpha value is -1.45. The van der Waals surface area contributed by atoms with Crippen molar-refractivity contribution in [1.82, 2.24) is 14.9 Å². The van der Waals surface area contributed by atoms with Gasteiger partial charge in [-0.25, -0.2) is 9.97 Å². The van der Waals surface area contributed by atoms with E-state index in [0.29, 0.717) is 5.88 Å². The minimum Gasteiger partial charge on any atom is -0.296 e. The van der Waals surface area contributed by atoms with E-state index >= 15 is 0 Å². The van der Waals surface area contributed by atoms with Crippen LogP contribution in [-0.2, 0) is 13.0 Å². The highest BCUT2D eigenvalue weighted by Crippen LogP contribution is 2.20. The fraction of sp³-hybridized carbons (Fsp3) is 0.333. The average molecular weight is 274 g/mol. The van der Waals surface area contributed by atoms with Gasteiger partial charge in [-0.2, -0.15) is 0 Å². The number of fused-ring (bicyclic) bond motifs is 1. The summed E-state index contributed by atoms with van der Waals surface area (Å²) in [5.74, 6) is 1.48. The summed E-state index contributed by atoms with van der Waals surface area (Å²) in [6.45, 7) is 2.85. The van der Waals surface area contributed by atoms with Crippen molar-refractivity contribution in [2.45, 2.75) is 13.0 Å². The molecular formula is C15H16ClN3. The van der Waals surface area contributed by atoms with Crippen LogP contribution < -0.4 is 0 Å². The van der Waals surface area contributed by atoms with Gasteiger partial charge in [-0.05, 0) is 12.0 Å². The summed E-state index contributed by atoms with van der Waals surface area (Å²) in [7, 11) is 0. The van der Waals surface area contributed by atoms with Gasteiger partial charge in [-0.1, -0.05) is 30.3 Å². The smallest absolute Gasteiger partial charge is 0.159 e. The highest BCUT2D eigenvalue weighted by Gasteiger charge is 2.18. The van der Waals surface area contributed by atoms with Crippen LogP contribution in [-0.4, -0.2) is 33.8 Å². The largest absolute Gasteiger partial charge is 0.296 e. The first kappa shape index (κ1) is 12.6. The van der Waals surface area contributed by atoms with E-state index in [2.05, 4.69) is 9.88 Å². The third kappa shape index (κ3) is 2.77. The van der Waals surface area contributed by atoms with E-state index in [1.807, 2.05) is 36.5 Å². The van der Waals surface area contributed by atoms with Crippen LogP contribution >= 0.6 is 11.6 Å². The Morgan fingerprint density at radius 2 is 2.05 bits per heavy atom. The number of rotatable bonds is 3. The Balaban J connectivity index is 1.89. The monoisotopic (exact) mass is 273 g/mol. The Morgan fingerprint density at radius 3 is 2.84 bits per heavy atom. The molecule has 0 bridgehead atoms. The molecule has 0 amide bonds. The lowest BCUT2D eigenvalue weighted by atomic mass is 10.1. The van der Waals surface area contributed by atoms with E-state index in [9.17, 15) is 0 Å². The van der Waals surface area contributed by atoms with Gasteiger partial charge in [0.25, 0.3) is 0 Å². The summed E-state index contributed by atoms with van der Waals surface area (Å²) in [6, 6.07) is 10.1. The van der Waals surface area contributed by atoms with E-state index < -0.39 is 0 Å². The third-order valence-electron chi connectivity index (χ3n) is 3.46. The lowest BCUT2D eigenvalue weighted by Crippen LogP contribution is -2.32. The minimum atomic E-state index is 0.673. The van der Waals surface area contributed by atoms with Crippen molar-refractivity contribution in [2.75, 3.05) is 19.0 Å². The molecule has 1 aliphatic rings. The summed E-state index contributed by atoms with van der Waals surface area (Å²) in [5, 5.41) is 0. The van der Waals surface area contributed by atoms with Crippen LogP contribution in [0, 0.1) is 0 Å². The number of hydrogen-bond acceptors (Lipinski definition) is 3. The fourth-order valence-corrected chi connectivity index (χ4v) is 2.63. The second kappa shape index (κ2) is 5.68. The molecule has 2 heterocycles. The van der Waals surface area contributed by atoms with Crippen molar-refractivity contribution < 1.29 is 0 Å². The summed E-state index contributed by atoms with van der Waals surface area (Å²) < 4.78 is 0. The quantitative estimate of drug-likeness (QED) is 0.805. The van der Waals surface area contributed by atoms with Gasteiger partial charge in [-0.3, -0.25) is 4.90 Å². The molecule has 1 aromatic carbocycles. The zero-order valence-electron chi connectivity index (χ0n) is 10.7. The average Bonchev–Trinajstić information content (AvgIpc) is 2.48. The molecule has 3 nitrogen and oxygen atoms in total. The first-order valence-corrected chi connectivity index (χ1v) is 7.09. The molecule has 1 aliphatic heterocycles. The standard InChI is InChI=1S/C15H16ClN3/c16-7-9-19-8-6-13-10-17-15(18-14(13)11-19)12-4-2-1-3-5-12/h1-5,10H,6-9,11H2. The maximum atomic E-state index is 5.81. The van der Waals surface area contributed by atoms with Gasteiger partial charge in [-0.15, -0.1) is 11.6 Å². The minimum absolute atomic E-state index is 0.673. The number of halogens is 1. The first-order chi connectivity index (χ1) is 9.36. The predicted octanol–water partition coefficient (Wildman–Crippen LogP) is 2.74. The molecule has 0 radical (unpaired) electrons. The zero-order chi connectivity index (χ0) is 13.1. The number of aromatic nitrogens is 2. The van der Waals surface area contributed by atoms with Gasteiger partial charge in [0.2, 0.25) is 0 Å². The summed E-state index contributed by atoms with van der Waals surface area (Å²) in [6.07, 6.45) is 2.99. The van der Waals surface area contributed by atoms with Gasteiger partial charge in [0.15, 0.2) is 5.82 Å². The van der Waals surface area contributed by atoms with Crippen LogP contribution in [0.5, 0.6) is 0 Å². The van der Waals surface area contributed by atoms with Crippen molar-refractivity contribution >= 4 is 11.6 Å². The Bertz CT molecular complexity index is 557. The summed E-state index contributed by atoms with van der Waals surface area (Å²) >= 11 is 5.81. The van der Waals surface area contributed by atoms with Crippen molar-refractivity contribution in [1.29, 1.82) is 0 Å². The fourth-order valence-electron chi connectivity index (χ4n) is 2.39. The first-order valence-electron chi connectivity index (χ1n) is 6.55. The molecule has 4 heteroatoms. The summed E-state index contributed by atoms with van der Waals surface area (Å²) in [4.78, 5) is 11.5. The second-order valence-electron chi connectivity index (χ2n) is 4.75.